The number of nitrogens with one attached hydrogen (secondary N) is 1. The van der Waals surface area contributed by atoms with Crippen LogP contribution in [0.1, 0.15) is 23.7 Å². The van der Waals surface area contributed by atoms with Crippen LogP contribution in [0.2, 0.25) is 0 Å². The summed E-state index contributed by atoms with van der Waals surface area (Å²) in [5.74, 6) is -2.34. The van der Waals surface area contributed by atoms with E-state index in [1.807, 2.05) is 31.3 Å². The highest BCUT2D eigenvalue weighted by Gasteiger charge is 2.34. The summed E-state index contributed by atoms with van der Waals surface area (Å²) in [4.78, 5) is 19.2. The minimum Gasteiger partial charge on any atom is -0.346 e. The second-order valence-corrected chi connectivity index (χ2v) is 8.07. The first-order chi connectivity index (χ1) is 15.0. The Kier molecular flexibility index (Phi) is 4.77. The second-order valence-electron chi connectivity index (χ2n) is 8.07. The molecule has 3 aromatic heterocycles. The predicted octanol–water partition coefficient (Wildman–Crippen LogP) is 4.26. The molecule has 0 bridgehead atoms. The van der Waals surface area contributed by atoms with E-state index in [0.717, 1.165) is 41.3 Å². The van der Waals surface area contributed by atoms with Gasteiger partial charge in [0.15, 0.2) is 11.6 Å². The zero-order valence-corrected chi connectivity index (χ0v) is 16.9. The SMILES string of the molecule is C[C@@H]1C[C@@H](Cn2ccc3nc(-c4cn[nH]c4)ccc32)CN1C(=O)c1cccc(F)c1F. The molecule has 0 aliphatic carbocycles. The number of hydrogen-bond acceptors (Lipinski definition) is 3. The average Bonchev–Trinajstić information content (AvgIpc) is 3.50. The molecule has 158 valence electrons. The number of rotatable bonds is 4. The van der Waals surface area contributed by atoms with Gasteiger partial charge >= 0.3 is 0 Å². The molecule has 1 N–H and O–H groups in total. The van der Waals surface area contributed by atoms with Gasteiger partial charge in [-0.25, -0.2) is 13.8 Å². The van der Waals surface area contributed by atoms with Gasteiger partial charge in [0.05, 0.1) is 28.5 Å². The van der Waals surface area contributed by atoms with Gasteiger partial charge in [-0.2, -0.15) is 5.10 Å². The molecular weight excluding hydrogens is 400 g/mol. The topological polar surface area (TPSA) is 66.8 Å². The zero-order valence-electron chi connectivity index (χ0n) is 16.9. The number of aromatic amines is 1. The van der Waals surface area contributed by atoms with E-state index < -0.39 is 17.5 Å². The normalized spacial score (nSPS) is 18.7. The summed E-state index contributed by atoms with van der Waals surface area (Å²) in [7, 11) is 0. The molecule has 31 heavy (non-hydrogen) atoms. The highest BCUT2D eigenvalue weighted by atomic mass is 19.2. The molecule has 1 fully saturated rings. The maximum atomic E-state index is 14.1. The fraction of sp³-hybridized carbons (Fsp3) is 0.261. The van der Waals surface area contributed by atoms with E-state index in [4.69, 9.17) is 4.98 Å². The van der Waals surface area contributed by atoms with E-state index in [9.17, 15) is 13.6 Å². The Labute approximate surface area is 177 Å². The molecule has 1 aliphatic rings. The van der Waals surface area contributed by atoms with Crippen molar-refractivity contribution in [3.8, 4) is 11.3 Å². The summed E-state index contributed by atoms with van der Waals surface area (Å²) in [5, 5.41) is 6.76. The lowest BCUT2D eigenvalue weighted by molar-refractivity contribution is 0.0736. The van der Waals surface area contributed by atoms with Crippen molar-refractivity contribution in [2.75, 3.05) is 6.54 Å². The van der Waals surface area contributed by atoms with Crippen LogP contribution in [0.3, 0.4) is 0 Å². The largest absolute Gasteiger partial charge is 0.346 e. The number of nitrogens with zero attached hydrogens (tertiary/aromatic N) is 4. The van der Waals surface area contributed by atoms with Gasteiger partial charge in [-0.05, 0) is 49.6 Å². The Morgan fingerprint density at radius 1 is 1.23 bits per heavy atom. The number of pyridine rings is 1. The lowest BCUT2D eigenvalue weighted by atomic mass is 10.1. The second kappa shape index (κ2) is 7.61. The highest BCUT2D eigenvalue weighted by Crippen LogP contribution is 2.29. The van der Waals surface area contributed by atoms with Gasteiger partial charge in [0.2, 0.25) is 0 Å². The number of likely N-dealkylation sites (tertiary alicyclic amines) is 1. The van der Waals surface area contributed by atoms with E-state index >= 15 is 0 Å². The first-order valence-corrected chi connectivity index (χ1v) is 10.2. The molecule has 8 heteroatoms. The van der Waals surface area contributed by atoms with E-state index in [1.54, 1.807) is 17.3 Å². The molecule has 0 radical (unpaired) electrons. The molecule has 1 aromatic carbocycles. The van der Waals surface area contributed by atoms with Crippen LogP contribution >= 0.6 is 0 Å². The highest BCUT2D eigenvalue weighted by molar-refractivity contribution is 5.95. The third-order valence-electron chi connectivity index (χ3n) is 5.98. The molecule has 1 saturated heterocycles. The number of benzene rings is 1. The van der Waals surface area contributed by atoms with E-state index in [-0.39, 0.29) is 17.5 Å². The van der Waals surface area contributed by atoms with Gasteiger partial charge in [-0.1, -0.05) is 6.07 Å². The van der Waals surface area contributed by atoms with Crippen LogP contribution in [0.4, 0.5) is 8.78 Å². The van der Waals surface area contributed by atoms with Crippen molar-refractivity contribution in [3.63, 3.8) is 0 Å². The predicted molar refractivity (Wildman–Crippen MR) is 112 cm³/mol. The first-order valence-electron chi connectivity index (χ1n) is 10.2. The molecule has 4 heterocycles. The maximum Gasteiger partial charge on any atom is 0.257 e. The van der Waals surface area contributed by atoms with Crippen molar-refractivity contribution < 1.29 is 13.6 Å². The van der Waals surface area contributed by atoms with Crippen LogP contribution in [0.15, 0.2) is 55.0 Å². The van der Waals surface area contributed by atoms with Crippen molar-refractivity contribution in [2.24, 2.45) is 5.92 Å². The first kappa shape index (κ1) is 19.4. The van der Waals surface area contributed by atoms with Crippen LogP contribution in [0.25, 0.3) is 22.3 Å². The van der Waals surface area contributed by atoms with Gasteiger partial charge in [-0.15, -0.1) is 0 Å². The lowest BCUT2D eigenvalue weighted by Crippen LogP contribution is -2.34. The third kappa shape index (κ3) is 3.48. The van der Waals surface area contributed by atoms with Gasteiger partial charge in [0, 0.05) is 37.1 Å². The molecule has 0 saturated carbocycles. The van der Waals surface area contributed by atoms with Crippen molar-refractivity contribution in [2.45, 2.75) is 25.9 Å². The Hall–Kier alpha value is -3.55. The number of H-pyrrole nitrogens is 1. The Bertz CT molecular complexity index is 1250. The third-order valence-corrected chi connectivity index (χ3v) is 5.98. The summed E-state index contributed by atoms with van der Waals surface area (Å²) in [5.41, 5.74) is 3.47. The number of hydrogen-bond donors (Lipinski definition) is 1. The molecule has 6 nitrogen and oxygen atoms in total. The summed E-state index contributed by atoms with van der Waals surface area (Å²) in [6.45, 7) is 3.16. The fourth-order valence-electron chi connectivity index (χ4n) is 4.44. The molecule has 1 aliphatic heterocycles. The molecule has 1 amide bonds. The summed E-state index contributed by atoms with van der Waals surface area (Å²) < 4.78 is 29.8. The molecule has 0 unspecified atom stereocenters. The fourth-order valence-corrected chi connectivity index (χ4v) is 4.44. The number of carbonyl (C=O) groups is 1. The van der Waals surface area contributed by atoms with Gasteiger partial charge in [-0.3, -0.25) is 9.89 Å². The Balaban J connectivity index is 1.34. The van der Waals surface area contributed by atoms with Crippen molar-refractivity contribution in [3.05, 3.63) is 72.2 Å². The van der Waals surface area contributed by atoms with Crippen molar-refractivity contribution in [1.82, 2.24) is 24.6 Å². The number of amides is 1. The molecule has 4 aromatic rings. The van der Waals surface area contributed by atoms with E-state index in [2.05, 4.69) is 14.8 Å². The Morgan fingerprint density at radius 2 is 2.10 bits per heavy atom. The lowest BCUT2D eigenvalue weighted by Gasteiger charge is -2.22. The zero-order chi connectivity index (χ0) is 21.5. The number of aromatic nitrogens is 4. The molecule has 5 rings (SSSR count). The summed E-state index contributed by atoms with van der Waals surface area (Å²) in [6, 6.07) is 9.64. The van der Waals surface area contributed by atoms with Crippen LogP contribution in [0, 0.1) is 17.6 Å². The van der Waals surface area contributed by atoms with Gasteiger partial charge in [0.25, 0.3) is 5.91 Å². The quantitative estimate of drug-likeness (QED) is 0.536. The standard InChI is InChI=1S/C23H21F2N5O/c1-14-9-15(13-30(14)23(31)17-3-2-4-18(24)22(17)25)12-29-8-7-20-21(29)6-5-19(28-20)16-10-26-27-11-16/h2-8,10-11,14-15H,9,12-13H2,1H3,(H,26,27)/t14-,15+/m1/s1. The van der Waals surface area contributed by atoms with Crippen LogP contribution < -0.4 is 0 Å². The van der Waals surface area contributed by atoms with Crippen molar-refractivity contribution in [1.29, 1.82) is 0 Å². The molecule has 0 spiro atoms. The number of halogens is 2. The van der Waals surface area contributed by atoms with E-state index in [0.29, 0.717) is 6.54 Å². The van der Waals surface area contributed by atoms with Gasteiger partial charge in [0.1, 0.15) is 0 Å². The average molecular weight is 421 g/mol. The molecular formula is C23H21F2N5O. The number of fused-ring (bicyclic) bond motifs is 1. The Morgan fingerprint density at radius 3 is 2.90 bits per heavy atom. The monoisotopic (exact) mass is 421 g/mol. The minimum absolute atomic E-state index is 0.0483. The maximum absolute atomic E-state index is 14.1. The minimum atomic E-state index is -1.08. The van der Waals surface area contributed by atoms with E-state index in [1.165, 1.54) is 12.1 Å². The summed E-state index contributed by atoms with van der Waals surface area (Å²) in [6.07, 6.45) is 6.33. The van der Waals surface area contributed by atoms with Gasteiger partial charge < -0.3 is 9.47 Å². The van der Waals surface area contributed by atoms with Crippen LogP contribution in [0.5, 0.6) is 0 Å². The molecule has 2 atom stereocenters. The summed E-state index contributed by atoms with van der Waals surface area (Å²) >= 11 is 0. The smallest absolute Gasteiger partial charge is 0.257 e. The van der Waals surface area contributed by atoms with Crippen molar-refractivity contribution >= 4 is 16.9 Å². The van der Waals surface area contributed by atoms with Crippen LogP contribution in [-0.4, -0.2) is 43.1 Å². The number of carbonyl (C=O) groups excluding carboxylic acids is 1. The van der Waals surface area contributed by atoms with Crippen LogP contribution in [-0.2, 0) is 6.54 Å².